The van der Waals surface area contributed by atoms with E-state index in [0.29, 0.717) is 5.92 Å². The van der Waals surface area contributed by atoms with E-state index >= 15 is 0 Å². The lowest BCUT2D eigenvalue weighted by Gasteiger charge is -2.32. The Hall–Kier alpha value is -0.570. The van der Waals surface area contributed by atoms with Crippen LogP contribution in [0.4, 0.5) is 0 Å². The second-order valence-electron chi connectivity index (χ2n) is 4.45. The highest BCUT2D eigenvalue weighted by Gasteiger charge is 2.25. The molecule has 0 aromatic heterocycles. The zero-order valence-corrected chi connectivity index (χ0v) is 9.20. The minimum absolute atomic E-state index is 0.132. The number of piperidine rings is 1. The summed E-state index contributed by atoms with van der Waals surface area (Å²) < 4.78 is 0. The summed E-state index contributed by atoms with van der Waals surface area (Å²) in [6, 6.07) is 0. The summed E-state index contributed by atoms with van der Waals surface area (Å²) >= 11 is 0. The molecule has 0 amide bonds. The van der Waals surface area contributed by atoms with Crippen LogP contribution in [0.15, 0.2) is 0 Å². The monoisotopic (exact) mass is 199 g/mol. The quantitative estimate of drug-likeness (QED) is 0.751. The first-order chi connectivity index (χ1) is 6.63. The maximum absolute atomic E-state index is 10.8. The Morgan fingerprint density at radius 2 is 2.36 bits per heavy atom. The van der Waals surface area contributed by atoms with Crippen LogP contribution < -0.4 is 0 Å². The second-order valence-corrected chi connectivity index (χ2v) is 4.45. The Bertz CT molecular complexity index is 194. The molecule has 1 fully saturated rings. The molecular formula is C11H21NO2. The van der Waals surface area contributed by atoms with Crippen molar-refractivity contribution in [2.45, 2.75) is 33.1 Å². The summed E-state index contributed by atoms with van der Waals surface area (Å²) in [7, 11) is 0. The van der Waals surface area contributed by atoms with Crippen molar-refractivity contribution in [3.05, 3.63) is 0 Å². The standard InChI is InChI=1S/C11H21NO2/c1-3-9(2)7-12-6-4-5-10(8-12)11(13)14/h9-10H,3-8H2,1-2H3,(H,13,14). The molecule has 2 unspecified atom stereocenters. The van der Waals surface area contributed by atoms with Crippen molar-refractivity contribution in [1.82, 2.24) is 4.90 Å². The molecule has 0 radical (unpaired) electrons. The van der Waals surface area contributed by atoms with Crippen LogP contribution in [0.2, 0.25) is 0 Å². The lowest BCUT2D eigenvalue weighted by molar-refractivity contribution is -0.143. The van der Waals surface area contributed by atoms with Gasteiger partial charge in [0, 0.05) is 13.1 Å². The predicted molar refractivity (Wildman–Crippen MR) is 56.3 cm³/mol. The number of likely N-dealkylation sites (tertiary alicyclic amines) is 1. The van der Waals surface area contributed by atoms with Gasteiger partial charge in [0.05, 0.1) is 5.92 Å². The molecule has 0 saturated carbocycles. The van der Waals surface area contributed by atoms with Gasteiger partial charge in [0.2, 0.25) is 0 Å². The third-order valence-electron chi connectivity index (χ3n) is 3.12. The van der Waals surface area contributed by atoms with Crippen molar-refractivity contribution in [3.63, 3.8) is 0 Å². The van der Waals surface area contributed by atoms with Gasteiger partial charge in [0.1, 0.15) is 0 Å². The van der Waals surface area contributed by atoms with Gasteiger partial charge < -0.3 is 10.0 Å². The summed E-state index contributed by atoms with van der Waals surface area (Å²) in [6.45, 7) is 7.29. The van der Waals surface area contributed by atoms with E-state index in [1.165, 1.54) is 6.42 Å². The van der Waals surface area contributed by atoms with Gasteiger partial charge in [-0.2, -0.15) is 0 Å². The van der Waals surface area contributed by atoms with Crippen molar-refractivity contribution in [2.24, 2.45) is 11.8 Å². The molecule has 1 aliphatic rings. The minimum Gasteiger partial charge on any atom is -0.481 e. The van der Waals surface area contributed by atoms with Gasteiger partial charge in [-0.05, 0) is 25.3 Å². The molecule has 1 heterocycles. The smallest absolute Gasteiger partial charge is 0.307 e. The van der Waals surface area contributed by atoms with Crippen molar-refractivity contribution >= 4 is 5.97 Å². The predicted octanol–water partition coefficient (Wildman–Crippen LogP) is 1.83. The summed E-state index contributed by atoms with van der Waals surface area (Å²) in [6.07, 6.45) is 3.06. The molecule has 0 bridgehead atoms. The first-order valence-corrected chi connectivity index (χ1v) is 5.58. The lowest BCUT2D eigenvalue weighted by atomic mass is 9.97. The van der Waals surface area contributed by atoms with Crippen molar-refractivity contribution in [1.29, 1.82) is 0 Å². The van der Waals surface area contributed by atoms with E-state index in [0.717, 1.165) is 32.5 Å². The summed E-state index contributed by atoms with van der Waals surface area (Å²) in [5, 5.41) is 8.92. The zero-order valence-electron chi connectivity index (χ0n) is 9.20. The Kier molecular flexibility index (Phi) is 4.39. The molecule has 0 aliphatic carbocycles. The van der Waals surface area contributed by atoms with Crippen LogP contribution in [-0.4, -0.2) is 35.6 Å². The molecule has 0 spiro atoms. The van der Waals surface area contributed by atoms with Gasteiger partial charge in [-0.15, -0.1) is 0 Å². The Morgan fingerprint density at radius 1 is 1.64 bits per heavy atom. The van der Waals surface area contributed by atoms with Gasteiger partial charge in [-0.25, -0.2) is 0 Å². The fourth-order valence-corrected chi connectivity index (χ4v) is 1.99. The number of rotatable bonds is 4. The number of carboxylic acid groups (broad SMARTS) is 1. The topological polar surface area (TPSA) is 40.5 Å². The zero-order chi connectivity index (χ0) is 10.6. The average Bonchev–Trinajstić information content (AvgIpc) is 2.18. The van der Waals surface area contributed by atoms with Crippen molar-refractivity contribution in [3.8, 4) is 0 Å². The number of hydrogen-bond donors (Lipinski definition) is 1. The SMILES string of the molecule is CCC(C)CN1CCCC(C(=O)O)C1. The van der Waals surface area contributed by atoms with Crippen molar-refractivity contribution < 1.29 is 9.90 Å². The van der Waals surface area contributed by atoms with E-state index < -0.39 is 5.97 Å². The highest BCUT2D eigenvalue weighted by atomic mass is 16.4. The Balaban J connectivity index is 2.36. The Labute approximate surface area is 86.1 Å². The van der Waals surface area contributed by atoms with Crippen LogP contribution in [0.3, 0.4) is 0 Å². The highest BCUT2D eigenvalue weighted by Crippen LogP contribution is 2.18. The fraction of sp³-hybridized carbons (Fsp3) is 0.909. The normalized spacial score (nSPS) is 26.0. The third-order valence-corrected chi connectivity index (χ3v) is 3.12. The van der Waals surface area contributed by atoms with E-state index in [4.69, 9.17) is 5.11 Å². The van der Waals surface area contributed by atoms with Gasteiger partial charge >= 0.3 is 5.97 Å². The number of nitrogens with zero attached hydrogens (tertiary/aromatic N) is 1. The second kappa shape index (κ2) is 5.35. The molecule has 82 valence electrons. The van der Waals surface area contributed by atoms with Gasteiger partial charge in [-0.3, -0.25) is 4.79 Å². The van der Waals surface area contributed by atoms with E-state index in [2.05, 4.69) is 18.7 Å². The van der Waals surface area contributed by atoms with E-state index in [1.807, 2.05) is 0 Å². The molecule has 2 atom stereocenters. The molecule has 1 N–H and O–H groups in total. The van der Waals surface area contributed by atoms with Gasteiger partial charge in [0.15, 0.2) is 0 Å². The Morgan fingerprint density at radius 3 is 2.93 bits per heavy atom. The van der Waals surface area contributed by atoms with Gasteiger partial charge in [0.25, 0.3) is 0 Å². The van der Waals surface area contributed by atoms with Crippen molar-refractivity contribution in [2.75, 3.05) is 19.6 Å². The number of carbonyl (C=O) groups is 1. The van der Waals surface area contributed by atoms with Crippen LogP contribution in [0.1, 0.15) is 33.1 Å². The maximum atomic E-state index is 10.8. The van der Waals surface area contributed by atoms with E-state index in [-0.39, 0.29) is 5.92 Å². The van der Waals surface area contributed by atoms with Crippen LogP contribution in [0.25, 0.3) is 0 Å². The molecule has 1 aliphatic heterocycles. The molecule has 14 heavy (non-hydrogen) atoms. The minimum atomic E-state index is -0.626. The summed E-state index contributed by atoms with van der Waals surface area (Å²) in [5.41, 5.74) is 0. The molecular weight excluding hydrogens is 178 g/mol. The molecule has 1 rings (SSSR count). The van der Waals surface area contributed by atoms with Gasteiger partial charge in [-0.1, -0.05) is 20.3 Å². The van der Waals surface area contributed by atoms with Crippen LogP contribution in [-0.2, 0) is 4.79 Å². The van der Waals surface area contributed by atoms with Crippen LogP contribution in [0.5, 0.6) is 0 Å². The molecule has 1 saturated heterocycles. The summed E-state index contributed by atoms with van der Waals surface area (Å²) in [4.78, 5) is 13.1. The highest BCUT2D eigenvalue weighted by molar-refractivity contribution is 5.70. The summed E-state index contributed by atoms with van der Waals surface area (Å²) in [5.74, 6) is -0.0748. The lowest BCUT2D eigenvalue weighted by Crippen LogP contribution is -2.40. The first kappa shape index (κ1) is 11.5. The molecule has 0 aromatic carbocycles. The third kappa shape index (κ3) is 3.29. The van der Waals surface area contributed by atoms with E-state index in [1.54, 1.807) is 0 Å². The van der Waals surface area contributed by atoms with E-state index in [9.17, 15) is 4.79 Å². The molecule has 3 heteroatoms. The number of aliphatic carboxylic acids is 1. The average molecular weight is 199 g/mol. The maximum Gasteiger partial charge on any atom is 0.307 e. The first-order valence-electron chi connectivity index (χ1n) is 5.58. The molecule has 3 nitrogen and oxygen atoms in total. The van der Waals surface area contributed by atoms with Crippen LogP contribution >= 0.6 is 0 Å². The number of hydrogen-bond acceptors (Lipinski definition) is 2. The number of carboxylic acids is 1. The van der Waals surface area contributed by atoms with Crippen LogP contribution in [0, 0.1) is 11.8 Å². The fourth-order valence-electron chi connectivity index (χ4n) is 1.99. The molecule has 0 aromatic rings. The largest absolute Gasteiger partial charge is 0.481 e.